The van der Waals surface area contributed by atoms with E-state index in [1.165, 1.54) is 190 Å². The SMILES string of the molecule is CCCCCCCCCCCC[N+](C)(C)CCN(C)CCN(C)CC[N+](C)(C)CCCCCCCCCCCC.[Br-].[Br-]. The Labute approximate surface area is 288 Å². The fourth-order valence-corrected chi connectivity index (χ4v) is 5.73. The molecule has 0 aromatic heterocycles. The summed E-state index contributed by atoms with van der Waals surface area (Å²) in [5, 5.41) is 0. The van der Waals surface area contributed by atoms with Gasteiger partial charge in [0, 0.05) is 26.2 Å². The first-order valence-corrected chi connectivity index (χ1v) is 18.1. The van der Waals surface area contributed by atoms with Crippen molar-refractivity contribution in [3.63, 3.8) is 0 Å². The topological polar surface area (TPSA) is 6.48 Å². The minimum Gasteiger partial charge on any atom is -1.00 e. The lowest BCUT2D eigenvalue weighted by molar-refractivity contribution is -0.890. The van der Waals surface area contributed by atoms with E-state index >= 15 is 0 Å². The molecule has 0 N–H and O–H groups in total. The standard InChI is InChI=1S/C36H80N4.2BrH/c1-9-11-13-15-17-19-21-23-25-27-33-39(5,6)35-31-37(3)29-30-38(4)32-36-40(7,8)34-28-26-24-22-20-18-16-14-12-10-2;;/h9-36H2,1-8H3;2*1H/q+2;;/p-2. The summed E-state index contributed by atoms with van der Waals surface area (Å²) in [6.45, 7) is 14.6. The van der Waals surface area contributed by atoms with Gasteiger partial charge >= 0.3 is 0 Å². The fraction of sp³-hybridized carbons (Fsp3) is 1.00. The van der Waals surface area contributed by atoms with Gasteiger partial charge in [0.25, 0.3) is 0 Å². The molecule has 0 aliphatic heterocycles. The van der Waals surface area contributed by atoms with Crippen LogP contribution >= 0.6 is 0 Å². The number of nitrogens with zero attached hydrogens (tertiary/aromatic N) is 4. The van der Waals surface area contributed by atoms with Crippen LogP contribution in [0.3, 0.4) is 0 Å². The van der Waals surface area contributed by atoms with Crippen molar-refractivity contribution in [1.82, 2.24) is 9.80 Å². The third-order valence-corrected chi connectivity index (χ3v) is 9.27. The fourth-order valence-electron chi connectivity index (χ4n) is 5.73. The summed E-state index contributed by atoms with van der Waals surface area (Å²) in [4.78, 5) is 5.11. The zero-order chi connectivity index (χ0) is 30.0. The van der Waals surface area contributed by atoms with Gasteiger partial charge in [-0.15, -0.1) is 0 Å². The van der Waals surface area contributed by atoms with Crippen LogP contribution in [0.4, 0.5) is 0 Å². The maximum atomic E-state index is 2.55. The predicted molar refractivity (Wildman–Crippen MR) is 182 cm³/mol. The van der Waals surface area contributed by atoms with Crippen LogP contribution in [0.25, 0.3) is 0 Å². The number of unbranched alkanes of at least 4 members (excludes halogenated alkanes) is 18. The maximum absolute atomic E-state index is 2.55. The molecule has 4 nitrogen and oxygen atoms in total. The summed E-state index contributed by atoms with van der Waals surface area (Å²) in [6, 6.07) is 0. The first-order valence-electron chi connectivity index (χ1n) is 18.1. The molecule has 0 atom stereocenters. The van der Waals surface area contributed by atoms with Crippen LogP contribution in [0, 0.1) is 0 Å². The van der Waals surface area contributed by atoms with Gasteiger partial charge in [0.05, 0.1) is 54.4 Å². The monoisotopic (exact) mass is 726 g/mol. The van der Waals surface area contributed by atoms with E-state index in [0.29, 0.717) is 0 Å². The molecule has 0 rings (SSSR count). The molecule has 0 fully saturated rings. The van der Waals surface area contributed by atoms with E-state index in [4.69, 9.17) is 0 Å². The molecule has 0 spiro atoms. The molecule has 0 radical (unpaired) electrons. The molecule has 0 aliphatic carbocycles. The van der Waals surface area contributed by atoms with Crippen LogP contribution in [0.5, 0.6) is 0 Å². The van der Waals surface area contributed by atoms with Gasteiger partial charge in [0.2, 0.25) is 0 Å². The minimum absolute atomic E-state index is 0. The predicted octanol–water partition coefficient (Wildman–Crippen LogP) is 2.85. The first kappa shape index (κ1) is 47.2. The lowest BCUT2D eigenvalue weighted by atomic mass is 10.1. The van der Waals surface area contributed by atoms with Crippen molar-refractivity contribution in [1.29, 1.82) is 0 Å². The van der Waals surface area contributed by atoms with Crippen LogP contribution < -0.4 is 34.0 Å². The van der Waals surface area contributed by atoms with Crippen molar-refractivity contribution in [2.24, 2.45) is 0 Å². The molecule has 0 aromatic rings. The van der Waals surface area contributed by atoms with Gasteiger partial charge in [-0.05, 0) is 39.8 Å². The maximum Gasteiger partial charge on any atom is 0.0911 e. The van der Waals surface area contributed by atoms with E-state index in [1.54, 1.807) is 0 Å². The van der Waals surface area contributed by atoms with Crippen LogP contribution in [-0.2, 0) is 0 Å². The Balaban J connectivity index is -0.00000760. The van der Waals surface area contributed by atoms with Gasteiger partial charge in [-0.3, -0.25) is 9.80 Å². The van der Waals surface area contributed by atoms with E-state index in [-0.39, 0.29) is 34.0 Å². The Bertz CT molecular complexity index is 485. The molecular weight excluding hydrogens is 648 g/mol. The number of likely N-dealkylation sites (N-methyl/N-ethyl adjacent to an activating group) is 4. The highest BCUT2D eigenvalue weighted by atomic mass is 79.9. The summed E-state index contributed by atoms with van der Waals surface area (Å²) in [5.74, 6) is 0. The molecule has 6 heteroatoms. The number of hydrogen-bond donors (Lipinski definition) is 0. The Morgan fingerprint density at radius 2 is 0.571 bits per heavy atom. The number of hydrogen-bond acceptors (Lipinski definition) is 2. The normalized spacial score (nSPS) is 12.1. The van der Waals surface area contributed by atoms with Crippen molar-refractivity contribution >= 4 is 0 Å². The zero-order valence-corrected chi connectivity index (χ0v) is 33.5. The minimum atomic E-state index is 0. The Morgan fingerprint density at radius 1 is 0.333 bits per heavy atom. The largest absolute Gasteiger partial charge is 1.00 e. The molecule has 258 valence electrons. The lowest BCUT2D eigenvalue weighted by Crippen LogP contribution is -3.00. The average Bonchev–Trinajstić information content (AvgIpc) is 2.91. The van der Waals surface area contributed by atoms with E-state index in [0.717, 1.165) is 0 Å². The van der Waals surface area contributed by atoms with Crippen LogP contribution in [-0.4, -0.2) is 113 Å². The second-order valence-electron chi connectivity index (χ2n) is 14.7. The van der Waals surface area contributed by atoms with E-state index < -0.39 is 0 Å². The molecule has 0 unspecified atom stereocenters. The molecule has 0 aromatic carbocycles. The molecule has 0 heterocycles. The molecule has 42 heavy (non-hydrogen) atoms. The van der Waals surface area contributed by atoms with Gasteiger partial charge in [0.1, 0.15) is 0 Å². The molecule has 0 bridgehead atoms. The van der Waals surface area contributed by atoms with E-state index in [2.05, 4.69) is 65.9 Å². The first-order chi connectivity index (χ1) is 19.1. The third-order valence-electron chi connectivity index (χ3n) is 9.27. The highest BCUT2D eigenvalue weighted by molar-refractivity contribution is 4.58. The van der Waals surface area contributed by atoms with Gasteiger partial charge < -0.3 is 42.9 Å². The summed E-state index contributed by atoms with van der Waals surface area (Å²) in [6.07, 6.45) is 28.6. The summed E-state index contributed by atoms with van der Waals surface area (Å²) < 4.78 is 2.34. The quantitative estimate of drug-likeness (QED) is 0.0802. The summed E-state index contributed by atoms with van der Waals surface area (Å²) in [7, 11) is 14.4. The van der Waals surface area contributed by atoms with E-state index in [9.17, 15) is 0 Å². The average molecular weight is 729 g/mol. The lowest BCUT2D eigenvalue weighted by Gasteiger charge is -2.33. The summed E-state index contributed by atoms with van der Waals surface area (Å²) >= 11 is 0. The second-order valence-corrected chi connectivity index (χ2v) is 14.7. The molecule has 0 aliphatic rings. The zero-order valence-electron chi connectivity index (χ0n) is 30.3. The Kier molecular flexibility index (Phi) is 35.7. The van der Waals surface area contributed by atoms with Gasteiger partial charge in [-0.1, -0.05) is 117 Å². The summed E-state index contributed by atoms with van der Waals surface area (Å²) in [5.41, 5.74) is 0. The van der Waals surface area contributed by atoms with Crippen LogP contribution in [0.2, 0.25) is 0 Å². The number of rotatable bonds is 31. The smallest absolute Gasteiger partial charge is 0.0911 e. The highest BCUT2D eigenvalue weighted by Crippen LogP contribution is 2.13. The van der Waals surface area contributed by atoms with Crippen molar-refractivity contribution in [2.45, 2.75) is 142 Å². The Hall–Kier alpha value is 0.800. The highest BCUT2D eigenvalue weighted by Gasteiger charge is 2.17. The van der Waals surface area contributed by atoms with Crippen LogP contribution in [0.15, 0.2) is 0 Å². The molecule has 0 amide bonds. The van der Waals surface area contributed by atoms with Crippen LogP contribution in [0.1, 0.15) is 142 Å². The van der Waals surface area contributed by atoms with E-state index in [1.807, 2.05) is 0 Å². The van der Waals surface area contributed by atoms with Crippen molar-refractivity contribution in [3.05, 3.63) is 0 Å². The number of halogens is 2. The van der Waals surface area contributed by atoms with Crippen molar-refractivity contribution < 1.29 is 42.9 Å². The Morgan fingerprint density at radius 3 is 0.833 bits per heavy atom. The van der Waals surface area contributed by atoms with Gasteiger partial charge in [-0.25, -0.2) is 0 Å². The van der Waals surface area contributed by atoms with Gasteiger partial charge in [-0.2, -0.15) is 0 Å². The molecular formula is C36H80Br2N4. The third kappa shape index (κ3) is 33.7. The van der Waals surface area contributed by atoms with Gasteiger partial charge in [0.15, 0.2) is 0 Å². The van der Waals surface area contributed by atoms with Crippen molar-refractivity contribution in [2.75, 3.05) is 94.6 Å². The molecule has 0 saturated heterocycles. The number of quaternary nitrogens is 2. The second kappa shape index (κ2) is 31.8. The van der Waals surface area contributed by atoms with Crippen molar-refractivity contribution in [3.8, 4) is 0 Å². The molecule has 0 saturated carbocycles.